The van der Waals surface area contributed by atoms with E-state index in [-0.39, 0.29) is 0 Å². The van der Waals surface area contributed by atoms with E-state index in [1.165, 1.54) is 17.3 Å². The normalized spacial score (nSPS) is 16.4. The molecule has 0 amide bonds. The van der Waals surface area contributed by atoms with E-state index in [0.29, 0.717) is 17.8 Å². The molecular formula is C11H17N9. The Morgan fingerprint density at radius 3 is 2.60 bits per heavy atom. The van der Waals surface area contributed by atoms with E-state index in [0.717, 1.165) is 31.8 Å². The monoisotopic (exact) mass is 275 g/mol. The molecule has 1 aliphatic heterocycles. The lowest BCUT2D eigenvalue weighted by atomic mass is 10.00. The number of hydrogen-bond acceptors (Lipinski definition) is 8. The highest BCUT2D eigenvalue weighted by atomic mass is 15.4. The summed E-state index contributed by atoms with van der Waals surface area (Å²) in [6.45, 7) is 4.14. The van der Waals surface area contributed by atoms with Gasteiger partial charge in [0.1, 0.15) is 12.7 Å². The Bertz CT molecular complexity index is 559. The predicted molar refractivity (Wildman–Crippen MR) is 73.2 cm³/mol. The van der Waals surface area contributed by atoms with Gasteiger partial charge in [-0.25, -0.2) is 10.8 Å². The minimum atomic E-state index is 0.319. The quantitative estimate of drug-likeness (QED) is 0.593. The number of nitrogens with one attached hydrogen (secondary N) is 1. The van der Waals surface area contributed by atoms with Crippen LogP contribution in [0, 0.1) is 5.92 Å². The molecule has 0 aliphatic carbocycles. The topological polar surface area (TPSA) is 111 Å². The van der Waals surface area contributed by atoms with E-state index in [4.69, 9.17) is 5.84 Å². The molecule has 1 saturated heterocycles. The smallest absolute Gasteiger partial charge is 0.258 e. The molecule has 9 nitrogen and oxygen atoms in total. The van der Waals surface area contributed by atoms with E-state index in [1.54, 1.807) is 0 Å². The van der Waals surface area contributed by atoms with Crippen LogP contribution in [0.3, 0.4) is 0 Å². The fourth-order valence-corrected chi connectivity index (χ4v) is 2.18. The maximum absolute atomic E-state index is 5.43. The van der Waals surface area contributed by atoms with E-state index in [1.807, 2.05) is 0 Å². The Kier molecular flexibility index (Phi) is 3.42. The first kappa shape index (κ1) is 12.7. The lowest BCUT2D eigenvalue weighted by molar-refractivity contribution is 0.434. The summed E-state index contributed by atoms with van der Waals surface area (Å²) < 4.78 is 1.48. The summed E-state index contributed by atoms with van der Waals surface area (Å²) in [4.78, 5) is 19.0. The molecule has 1 fully saturated rings. The van der Waals surface area contributed by atoms with Crippen LogP contribution in [-0.4, -0.2) is 42.8 Å². The standard InChI is InChI=1S/C11H17N9/c1-8-2-4-19(5-3-8)10-15-9(18-12)16-11(17-10)20-7-13-6-14-20/h6-8H,2-5,12H2,1H3,(H,15,16,17,18). The van der Waals surface area contributed by atoms with Gasteiger partial charge in [-0.2, -0.15) is 24.7 Å². The minimum absolute atomic E-state index is 0.319. The highest BCUT2D eigenvalue weighted by molar-refractivity contribution is 5.39. The van der Waals surface area contributed by atoms with Gasteiger partial charge in [-0.05, 0) is 18.8 Å². The average Bonchev–Trinajstić information content (AvgIpc) is 3.02. The summed E-state index contributed by atoms with van der Waals surface area (Å²) in [5.41, 5.74) is 2.47. The molecule has 0 radical (unpaired) electrons. The van der Waals surface area contributed by atoms with Crippen molar-refractivity contribution in [2.24, 2.45) is 11.8 Å². The Morgan fingerprint density at radius 2 is 1.95 bits per heavy atom. The molecule has 0 unspecified atom stereocenters. The molecule has 1 aliphatic rings. The number of nitrogens with zero attached hydrogens (tertiary/aromatic N) is 7. The first-order chi connectivity index (χ1) is 9.76. The average molecular weight is 275 g/mol. The van der Waals surface area contributed by atoms with Crippen LogP contribution in [0.2, 0.25) is 0 Å². The molecular weight excluding hydrogens is 258 g/mol. The third-order valence-electron chi connectivity index (χ3n) is 3.43. The van der Waals surface area contributed by atoms with Crippen molar-refractivity contribution in [3.8, 4) is 5.95 Å². The second kappa shape index (κ2) is 5.37. The molecule has 0 bridgehead atoms. The molecule has 20 heavy (non-hydrogen) atoms. The molecule has 106 valence electrons. The van der Waals surface area contributed by atoms with Gasteiger partial charge in [-0.15, -0.1) is 0 Å². The molecule has 9 heteroatoms. The van der Waals surface area contributed by atoms with Crippen LogP contribution in [-0.2, 0) is 0 Å². The van der Waals surface area contributed by atoms with Gasteiger partial charge in [0.2, 0.25) is 11.9 Å². The Morgan fingerprint density at radius 1 is 1.20 bits per heavy atom. The zero-order chi connectivity index (χ0) is 13.9. The summed E-state index contributed by atoms with van der Waals surface area (Å²) in [7, 11) is 0. The second-order valence-corrected chi connectivity index (χ2v) is 4.91. The van der Waals surface area contributed by atoms with Crippen molar-refractivity contribution in [1.82, 2.24) is 29.7 Å². The number of hydrazine groups is 1. The van der Waals surface area contributed by atoms with Crippen molar-refractivity contribution < 1.29 is 0 Å². The van der Waals surface area contributed by atoms with Crippen molar-refractivity contribution >= 4 is 11.9 Å². The Balaban J connectivity index is 1.92. The van der Waals surface area contributed by atoms with Gasteiger partial charge in [0, 0.05) is 13.1 Å². The van der Waals surface area contributed by atoms with E-state index in [2.05, 4.69) is 42.3 Å². The minimum Gasteiger partial charge on any atom is -0.341 e. The maximum Gasteiger partial charge on any atom is 0.258 e. The highest BCUT2D eigenvalue weighted by Gasteiger charge is 2.20. The van der Waals surface area contributed by atoms with Crippen LogP contribution in [0.25, 0.3) is 5.95 Å². The van der Waals surface area contributed by atoms with Crippen LogP contribution < -0.4 is 16.2 Å². The van der Waals surface area contributed by atoms with Crippen LogP contribution in [0.15, 0.2) is 12.7 Å². The largest absolute Gasteiger partial charge is 0.341 e. The van der Waals surface area contributed by atoms with Gasteiger partial charge in [0.15, 0.2) is 0 Å². The third kappa shape index (κ3) is 2.52. The van der Waals surface area contributed by atoms with E-state index in [9.17, 15) is 0 Å². The number of anilines is 2. The molecule has 0 spiro atoms. The Labute approximate surface area is 116 Å². The second-order valence-electron chi connectivity index (χ2n) is 4.91. The first-order valence-electron chi connectivity index (χ1n) is 6.59. The molecule has 3 N–H and O–H groups in total. The summed E-state index contributed by atoms with van der Waals surface area (Å²) in [5.74, 6) is 7.51. The maximum atomic E-state index is 5.43. The van der Waals surface area contributed by atoms with Crippen molar-refractivity contribution in [2.45, 2.75) is 19.8 Å². The lowest BCUT2D eigenvalue weighted by Crippen LogP contribution is -2.34. The van der Waals surface area contributed by atoms with Crippen molar-refractivity contribution in [1.29, 1.82) is 0 Å². The Hall–Kier alpha value is -2.29. The number of aromatic nitrogens is 6. The SMILES string of the molecule is CC1CCN(c2nc(NN)nc(-n3cncn3)n2)CC1. The van der Waals surface area contributed by atoms with Crippen molar-refractivity contribution in [3.05, 3.63) is 12.7 Å². The molecule has 0 aromatic carbocycles. The summed E-state index contributed by atoms with van der Waals surface area (Å²) in [6.07, 6.45) is 5.24. The summed E-state index contributed by atoms with van der Waals surface area (Å²) in [6, 6.07) is 0. The molecule has 2 aromatic heterocycles. The molecule has 0 atom stereocenters. The highest BCUT2D eigenvalue weighted by Crippen LogP contribution is 2.21. The number of nitrogens with two attached hydrogens (primary N) is 1. The van der Waals surface area contributed by atoms with E-state index >= 15 is 0 Å². The van der Waals surface area contributed by atoms with Gasteiger partial charge in [0.25, 0.3) is 5.95 Å². The number of hydrogen-bond donors (Lipinski definition) is 2. The first-order valence-corrected chi connectivity index (χ1v) is 6.59. The summed E-state index contributed by atoms with van der Waals surface area (Å²) in [5, 5.41) is 4.03. The molecule has 3 heterocycles. The number of piperidine rings is 1. The van der Waals surface area contributed by atoms with Gasteiger partial charge in [-0.3, -0.25) is 5.43 Å². The van der Waals surface area contributed by atoms with Crippen molar-refractivity contribution in [2.75, 3.05) is 23.4 Å². The molecule has 0 saturated carbocycles. The fourth-order valence-electron chi connectivity index (χ4n) is 2.18. The zero-order valence-corrected chi connectivity index (χ0v) is 11.3. The molecule has 3 rings (SSSR count). The third-order valence-corrected chi connectivity index (χ3v) is 3.43. The van der Waals surface area contributed by atoms with E-state index < -0.39 is 0 Å². The van der Waals surface area contributed by atoms with Crippen LogP contribution in [0.1, 0.15) is 19.8 Å². The van der Waals surface area contributed by atoms with Crippen LogP contribution in [0.4, 0.5) is 11.9 Å². The van der Waals surface area contributed by atoms with Gasteiger partial charge in [0.05, 0.1) is 0 Å². The van der Waals surface area contributed by atoms with Crippen molar-refractivity contribution in [3.63, 3.8) is 0 Å². The van der Waals surface area contributed by atoms with Gasteiger partial charge >= 0.3 is 0 Å². The molecule has 2 aromatic rings. The van der Waals surface area contributed by atoms with Crippen LogP contribution in [0.5, 0.6) is 0 Å². The zero-order valence-electron chi connectivity index (χ0n) is 11.3. The van der Waals surface area contributed by atoms with Gasteiger partial charge < -0.3 is 4.90 Å². The predicted octanol–water partition coefficient (Wildman–Crippen LogP) is -0.0258. The number of nitrogen functional groups attached to an aromatic ring is 1. The van der Waals surface area contributed by atoms with Gasteiger partial charge in [-0.1, -0.05) is 6.92 Å². The fraction of sp³-hybridized carbons (Fsp3) is 0.545. The summed E-state index contributed by atoms with van der Waals surface area (Å²) >= 11 is 0. The van der Waals surface area contributed by atoms with Crippen LogP contribution >= 0.6 is 0 Å². The number of rotatable bonds is 3. The lowest BCUT2D eigenvalue weighted by Gasteiger charge is -2.30.